The number of anilines is 1. The molecule has 2 amide bonds. The van der Waals surface area contributed by atoms with Gasteiger partial charge in [-0.05, 0) is 49.9 Å². The minimum Gasteiger partial charge on any atom is -0.368 e. The van der Waals surface area contributed by atoms with Crippen LogP contribution in [-0.2, 0) is 21.5 Å². The molecule has 11 heteroatoms. The lowest BCUT2D eigenvalue weighted by Crippen LogP contribution is -2.49. The van der Waals surface area contributed by atoms with Gasteiger partial charge in [0.15, 0.2) is 0 Å². The van der Waals surface area contributed by atoms with Crippen LogP contribution < -0.4 is 10.6 Å². The molecule has 1 aliphatic heterocycles. The van der Waals surface area contributed by atoms with Gasteiger partial charge in [0, 0.05) is 35.7 Å². The van der Waals surface area contributed by atoms with Crippen LogP contribution >= 0.6 is 11.3 Å². The van der Waals surface area contributed by atoms with Crippen molar-refractivity contribution in [3.63, 3.8) is 0 Å². The van der Waals surface area contributed by atoms with E-state index in [2.05, 4.69) is 30.8 Å². The molecule has 0 bridgehead atoms. The van der Waals surface area contributed by atoms with Crippen molar-refractivity contribution < 1.29 is 14.0 Å². The molecule has 1 saturated heterocycles. The minimum absolute atomic E-state index is 0.0320. The fraction of sp³-hybridized carbons (Fsp3) is 0.417. The summed E-state index contributed by atoms with van der Waals surface area (Å²) in [6.45, 7) is 0.904. The van der Waals surface area contributed by atoms with Crippen molar-refractivity contribution in [2.45, 2.75) is 56.7 Å². The quantitative estimate of drug-likeness (QED) is 0.438. The maximum Gasteiger partial charge on any atom is 0.221 e. The van der Waals surface area contributed by atoms with Gasteiger partial charge in [-0.1, -0.05) is 6.42 Å². The van der Waals surface area contributed by atoms with Crippen LogP contribution in [0.1, 0.15) is 49.1 Å². The topological polar surface area (TPSA) is 113 Å². The number of thiazole rings is 1. The zero-order valence-corrected chi connectivity index (χ0v) is 19.9. The Bertz CT molecular complexity index is 1200. The summed E-state index contributed by atoms with van der Waals surface area (Å²) < 4.78 is 14.3. The van der Waals surface area contributed by atoms with Gasteiger partial charge < -0.3 is 15.5 Å². The molecule has 9 nitrogen and oxygen atoms in total. The normalized spacial score (nSPS) is 18.9. The van der Waals surface area contributed by atoms with Gasteiger partial charge in [0.05, 0.1) is 12.2 Å². The highest BCUT2D eigenvalue weighted by molar-refractivity contribution is 7.15. The Balaban J connectivity index is 1.21. The molecule has 35 heavy (non-hydrogen) atoms. The molecule has 1 atom stereocenters. The van der Waals surface area contributed by atoms with Crippen molar-refractivity contribution in [3.8, 4) is 10.7 Å². The van der Waals surface area contributed by atoms with Crippen LogP contribution in [0.5, 0.6) is 0 Å². The Morgan fingerprint density at radius 3 is 2.80 bits per heavy atom. The van der Waals surface area contributed by atoms with E-state index in [1.807, 2.05) is 12.1 Å². The number of carbonyl (C=O) groups excluding carboxylic acids is 2. The standard InChI is InChI=1S/C24H26FN7O2S/c25-17-4-2-11-26-22(17)24(9-3-10-24)14-28-19-8-7-18(30-31-19)23-27-12-16(35-23)13-32(15-33)20-5-1-6-21(34)29-20/h2,4,7-8,11-12,15,20H,1,3,5-6,9-10,13-14H2,(H,28,31)(H,29,34)/t20-/m1/s1. The molecule has 2 fully saturated rings. The molecule has 3 aromatic rings. The Hall–Kier alpha value is -3.47. The molecule has 2 N–H and O–H groups in total. The number of halogens is 1. The lowest BCUT2D eigenvalue weighted by molar-refractivity contribution is -0.129. The largest absolute Gasteiger partial charge is 0.368 e. The minimum atomic E-state index is -0.321. The summed E-state index contributed by atoms with van der Waals surface area (Å²) in [5.41, 5.74) is 0.818. The second kappa shape index (κ2) is 10.0. The molecule has 2 aliphatic rings. The predicted molar refractivity (Wildman–Crippen MR) is 129 cm³/mol. The number of carbonyl (C=O) groups is 2. The lowest BCUT2D eigenvalue weighted by Gasteiger charge is -2.41. The number of nitrogens with one attached hydrogen (secondary N) is 2. The summed E-state index contributed by atoms with van der Waals surface area (Å²) in [7, 11) is 0. The molecule has 0 unspecified atom stereocenters. The average molecular weight is 496 g/mol. The summed E-state index contributed by atoms with van der Waals surface area (Å²) in [6, 6.07) is 6.74. The van der Waals surface area contributed by atoms with E-state index in [0.29, 0.717) is 41.7 Å². The van der Waals surface area contributed by atoms with Crippen molar-refractivity contribution in [2.24, 2.45) is 0 Å². The van der Waals surface area contributed by atoms with Gasteiger partial charge in [0.25, 0.3) is 0 Å². The van der Waals surface area contributed by atoms with Crippen LogP contribution in [-0.4, -0.2) is 50.1 Å². The second-order valence-corrected chi connectivity index (χ2v) is 10.1. The van der Waals surface area contributed by atoms with Gasteiger partial charge in [-0.3, -0.25) is 14.6 Å². The summed E-state index contributed by atoms with van der Waals surface area (Å²) in [5, 5.41) is 15.4. The van der Waals surface area contributed by atoms with Crippen molar-refractivity contribution in [3.05, 3.63) is 53.0 Å². The number of hydrogen-bond donors (Lipinski definition) is 2. The molecule has 3 aromatic heterocycles. The van der Waals surface area contributed by atoms with E-state index in [9.17, 15) is 14.0 Å². The molecular formula is C24H26FN7O2S. The van der Waals surface area contributed by atoms with Crippen LogP contribution in [0, 0.1) is 5.82 Å². The molecular weight excluding hydrogens is 469 g/mol. The molecule has 5 rings (SSSR count). The van der Waals surface area contributed by atoms with Crippen LogP contribution in [0.3, 0.4) is 0 Å². The van der Waals surface area contributed by atoms with E-state index in [4.69, 9.17) is 0 Å². The lowest BCUT2D eigenvalue weighted by atomic mass is 9.66. The zero-order chi connectivity index (χ0) is 24.3. The van der Waals surface area contributed by atoms with Gasteiger partial charge in [0.2, 0.25) is 12.3 Å². The number of piperidine rings is 1. The summed E-state index contributed by atoms with van der Waals surface area (Å²) in [5.74, 6) is 0.304. The maximum atomic E-state index is 14.3. The highest BCUT2D eigenvalue weighted by Gasteiger charge is 2.41. The van der Waals surface area contributed by atoms with Crippen LogP contribution in [0.15, 0.2) is 36.7 Å². The van der Waals surface area contributed by atoms with E-state index in [1.54, 1.807) is 23.4 Å². The third kappa shape index (κ3) is 5.00. The number of amides is 2. The van der Waals surface area contributed by atoms with Crippen molar-refractivity contribution in [1.82, 2.24) is 30.4 Å². The SMILES string of the molecule is O=CN(Cc1cnc(-c2ccc(NCC3(c4ncccc4F)CCC3)nn2)s1)[C@@H]1CCCC(=O)N1. The van der Waals surface area contributed by atoms with Crippen molar-refractivity contribution >= 4 is 29.5 Å². The first-order valence-corrected chi connectivity index (χ1v) is 12.5. The van der Waals surface area contributed by atoms with Crippen LogP contribution in [0.2, 0.25) is 0 Å². The summed E-state index contributed by atoms with van der Waals surface area (Å²) in [4.78, 5) is 34.5. The van der Waals surface area contributed by atoms with E-state index < -0.39 is 0 Å². The van der Waals surface area contributed by atoms with Crippen molar-refractivity contribution in [1.29, 1.82) is 0 Å². The highest BCUT2D eigenvalue weighted by atomic mass is 32.1. The van der Waals surface area contributed by atoms with E-state index >= 15 is 0 Å². The monoisotopic (exact) mass is 495 g/mol. The third-order valence-electron chi connectivity index (χ3n) is 6.70. The van der Waals surface area contributed by atoms with Crippen LogP contribution in [0.4, 0.5) is 10.2 Å². The third-order valence-corrected chi connectivity index (χ3v) is 7.70. The first-order valence-electron chi connectivity index (χ1n) is 11.7. The number of rotatable bonds is 9. The Morgan fingerprint density at radius 2 is 2.11 bits per heavy atom. The molecule has 1 saturated carbocycles. The molecule has 0 radical (unpaired) electrons. The van der Waals surface area contributed by atoms with Gasteiger partial charge >= 0.3 is 0 Å². The predicted octanol–water partition coefficient (Wildman–Crippen LogP) is 3.25. The fourth-order valence-electron chi connectivity index (χ4n) is 4.61. The van der Waals surface area contributed by atoms with Gasteiger partial charge in [0.1, 0.15) is 28.5 Å². The molecule has 0 aromatic carbocycles. The first-order chi connectivity index (χ1) is 17.1. The smallest absolute Gasteiger partial charge is 0.221 e. The van der Waals surface area contributed by atoms with Crippen LogP contribution in [0.25, 0.3) is 10.7 Å². The number of aromatic nitrogens is 4. The summed E-state index contributed by atoms with van der Waals surface area (Å²) >= 11 is 1.43. The highest BCUT2D eigenvalue weighted by Crippen LogP contribution is 2.43. The molecule has 4 heterocycles. The average Bonchev–Trinajstić information content (AvgIpc) is 3.32. The van der Waals surface area contributed by atoms with Gasteiger partial charge in [-0.2, -0.15) is 0 Å². The molecule has 0 spiro atoms. The van der Waals surface area contributed by atoms with Gasteiger partial charge in [-0.15, -0.1) is 21.5 Å². The van der Waals surface area contributed by atoms with Gasteiger partial charge in [-0.25, -0.2) is 9.37 Å². The van der Waals surface area contributed by atoms with E-state index in [0.717, 1.165) is 43.4 Å². The fourth-order valence-corrected chi connectivity index (χ4v) is 5.50. The summed E-state index contributed by atoms with van der Waals surface area (Å²) in [6.07, 6.45) is 8.64. The first kappa shape index (κ1) is 23.3. The molecule has 1 aliphatic carbocycles. The zero-order valence-electron chi connectivity index (χ0n) is 19.1. The Kier molecular flexibility index (Phi) is 6.67. The van der Waals surface area contributed by atoms with E-state index in [-0.39, 0.29) is 23.3 Å². The van der Waals surface area contributed by atoms with E-state index in [1.165, 1.54) is 17.4 Å². The Morgan fingerprint density at radius 1 is 1.23 bits per heavy atom. The Labute approximate surface area is 206 Å². The number of pyridine rings is 1. The van der Waals surface area contributed by atoms with Crippen molar-refractivity contribution in [2.75, 3.05) is 11.9 Å². The number of hydrogen-bond acceptors (Lipinski definition) is 8. The maximum absolute atomic E-state index is 14.3. The number of nitrogens with zero attached hydrogens (tertiary/aromatic N) is 5. The second-order valence-electron chi connectivity index (χ2n) is 9.01. The molecule has 182 valence electrons.